The van der Waals surface area contributed by atoms with Crippen molar-refractivity contribution in [3.05, 3.63) is 71.8 Å². The number of fused-ring (bicyclic) bond motifs is 1. The number of carbonyl (C=O) groups excluding carboxylic acids is 3. The van der Waals surface area contributed by atoms with E-state index in [1.807, 2.05) is 30.3 Å². The topological polar surface area (TPSA) is 122 Å². The van der Waals surface area contributed by atoms with Gasteiger partial charge in [0.2, 0.25) is 10.0 Å². The number of benzene rings is 3. The third-order valence-corrected chi connectivity index (χ3v) is 6.96. The Morgan fingerprint density at radius 1 is 0.941 bits per heavy atom. The lowest BCUT2D eigenvalue weighted by Crippen LogP contribution is -2.32. The number of anilines is 1. The molecule has 3 aromatic carbocycles. The molecule has 0 bridgehead atoms. The van der Waals surface area contributed by atoms with Crippen LogP contribution in [0.1, 0.15) is 15.9 Å². The number of carbonyl (C=O) groups is 3. The molecule has 34 heavy (non-hydrogen) atoms. The molecule has 9 nitrogen and oxygen atoms in total. The van der Waals surface area contributed by atoms with Crippen LogP contribution < -0.4 is 10.6 Å². The lowest BCUT2D eigenvalue weighted by Gasteiger charge is -2.15. The first kappa shape index (κ1) is 24.9. The largest absolute Gasteiger partial charge is 0.454 e. The summed E-state index contributed by atoms with van der Waals surface area (Å²) in [4.78, 5) is 36.5. The maximum Gasteiger partial charge on any atom is 0.325 e. The van der Waals surface area contributed by atoms with Gasteiger partial charge in [-0.25, -0.2) is 12.7 Å². The Kier molecular flexibility index (Phi) is 7.64. The van der Waals surface area contributed by atoms with Crippen molar-refractivity contribution in [2.24, 2.45) is 0 Å². The molecule has 0 atom stereocenters. The fourth-order valence-corrected chi connectivity index (χ4v) is 4.28. The van der Waals surface area contributed by atoms with Crippen LogP contribution in [0.3, 0.4) is 0 Å². The molecule has 0 unspecified atom stereocenters. The second-order valence-electron chi connectivity index (χ2n) is 7.72. The molecule has 0 fully saturated rings. The minimum Gasteiger partial charge on any atom is -0.454 e. The van der Waals surface area contributed by atoms with Gasteiger partial charge in [0.15, 0.2) is 6.61 Å². The molecule has 0 aliphatic carbocycles. The van der Waals surface area contributed by atoms with E-state index in [2.05, 4.69) is 10.6 Å². The van der Waals surface area contributed by atoms with Gasteiger partial charge in [0.05, 0.1) is 4.90 Å². The minimum absolute atomic E-state index is 0.0590. The Morgan fingerprint density at radius 2 is 1.65 bits per heavy atom. The van der Waals surface area contributed by atoms with E-state index in [1.54, 1.807) is 31.2 Å². The quantitative estimate of drug-likeness (QED) is 0.474. The summed E-state index contributed by atoms with van der Waals surface area (Å²) in [5.74, 6) is -1.88. The highest BCUT2D eigenvalue weighted by molar-refractivity contribution is 7.89. The summed E-state index contributed by atoms with van der Waals surface area (Å²) >= 11 is 0. The minimum atomic E-state index is -3.69. The Labute approximate surface area is 197 Å². The highest BCUT2D eigenvalue weighted by Crippen LogP contribution is 2.22. The van der Waals surface area contributed by atoms with E-state index in [0.29, 0.717) is 11.1 Å². The monoisotopic (exact) mass is 483 g/mol. The lowest BCUT2D eigenvalue weighted by molar-refractivity contribution is -0.146. The van der Waals surface area contributed by atoms with Gasteiger partial charge in [-0.2, -0.15) is 0 Å². The molecule has 2 amide bonds. The van der Waals surface area contributed by atoms with Crippen LogP contribution in [0, 0.1) is 6.92 Å². The Balaban J connectivity index is 1.51. The van der Waals surface area contributed by atoms with Crippen molar-refractivity contribution in [3.63, 3.8) is 0 Å². The van der Waals surface area contributed by atoms with E-state index < -0.39 is 41.0 Å². The van der Waals surface area contributed by atoms with Gasteiger partial charge in [-0.15, -0.1) is 0 Å². The number of hydrogen-bond acceptors (Lipinski definition) is 6. The number of nitrogens with one attached hydrogen (secondary N) is 2. The van der Waals surface area contributed by atoms with Crippen LogP contribution in [0.4, 0.5) is 5.69 Å². The first-order valence-electron chi connectivity index (χ1n) is 10.3. The van der Waals surface area contributed by atoms with Gasteiger partial charge >= 0.3 is 5.97 Å². The van der Waals surface area contributed by atoms with Crippen LogP contribution in [-0.2, 0) is 24.3 Å². The maximum absolute atomic E-state index is 12.4. The first-order valence-corrected chi connectivity index (χ1v) is 11.8. The summed E-state index contributed by atoms with van der Waals surface area (Å²) in [6, 6.07) is 17.2. The molecule has 0 saturated carbocycles. The molecular formula is C24H25N3O6S. The van der Waals surface area contributed by atoms with Gasteiger partial charge in [-0.3, -0.25) is 14.4 Å². The van der Waals surface area contributed by atoms with E-state index in [0.717, 1.165) is 15.1 Å². The van der Waals surface area contributed by atoms with Crippen LogP contribution in [0.2, 0.25) is 0 Å². The third-order valence-electron chi connectivity index (χ3n) is 5.00. The van der Waals surface area contributed by atoms with Crippen LogP contribution in [0.25, 0.3) is 10.8 Å². The molecule has 3 rings (SSSR count). The highest BCUT2D eigenvalue weighted by Gasteiger charge is 2.20. The van der Waals surface area contributed by atoms with Crippen molar-refractivity contribution in [3.8, 4) is 0 Å². The van der Waals surface area contributed by atoms with Crippen LogP contribution >= 0.6 is 0 Å². The molecule has 0 spiro atoms. The molecule has 0 aromatic heterocycles. The lowest BCUT2D eigenvalue weighted by atomic mass is 10.1. The van der Waals surface area contributed by atoms with E-state index in [1.165, 1.54) is 20.2 Å². The number of sulfonamides is 1. The summed E-state index contributed by atoms with van der Waals surface area (Å²) in [5, 5.41) is 6.84. The normalized spacial score (nSPS) is 11.3. The molecule has 2 N–H and O–H groups in total. The molecule has 0 radical (unpaired) electrons. The second kappa shape index (κ2) is 10.4. The van der Waals surface area contributed by atoms with E-state index in [-0.39, 0.29) is 10.6 Å². The molecule has 3 aromatic rings. The Hall–Kier alpha value is -3.76. The van der Waals surface area contributed by atoms with Crippen molar-refractivity contribution in [2.75, 3.05) is 32.6 Å². The zero-order valence-electron chi connectivity index (χ0n) is 19.0. The van der Waals surface area contributed by atoms with Crippen molar-refractivity contribution < 1.29 is 27.5 Å². The van der Waals surface area contributed by atoms with Crippen LogP contribution in [-0.4, -0.2) is 57.8 Å². The number of esters is 1. The molecule has 178 valence electrons. The van der Waals surface area contributed by atoms with Crippen molar-refractivity contribution in [2.45, 2.75) is 11.8 Å². The first-order chi connectivity index (χ1) is 16.1. The summed E-state index contributed by atoms with van der Waals surface area (Å²) in [7, 11) is -0.856. The van der Waals surface area contributed by atoms with Crippen LogP contribution in [0.15, 0.2) is 65.6 Å². The van der Waals surface area contributed by atoms with Crippen molar-refractivity contribution in [1.29, 1.82) is 0 Å². The number of nitrogens with zero attached hydrogens (tertiary/aromatic N) is 1. The van der Waals surface area contributed by atoms with Gasteiger partial charge in [-0.05, 0) is 47.5 Å². The number of amides is 2. The molecule has 0 aliphatic rings. The summed E-state index contributed by atoms with van der Waals surface area (Å²) in [5.41, 5.74) is 1.17. The van der Waals surface area contributed by atoms with Crippen LogP contribution in [0.5, 0.6) is 0 Å². The van der Waals surface area contributed by atoms with Gasteiger partial charge in [-0.1, -0.05) is 36.4 Å². The smallest absolute Gasteiger partial charge is 0.325 e. The number of aryl methyl sites for hydroxylation is 1. The maximum atomic E-state index is 12.4. The zero-order valence-corrected chi connectivity index (χ0v) is 19.8. The molecular weight excluding hydrogens is 458 g/mol. The fourth-order valence-electron chi connectivity index (χ4n) is 3.13. The fraction of sp³-hybridized carbons (Fsp3) is 0.208. The van der Waals surface area contributed by atoms with Crippen molar-refractivity contribution in [1.82, 2.24) is 9.62 Å². The number of rotatable bonds is 8. The number of hydrogen-bond donors (Lipinski definition) is 2. The average Bonchev–Trinajstić information content (AvgIpc) is 2.81. The van der Waals surface area contributed by atoms with Gasteiger partial charge in [0.25, 0.3) is 11.8 Å². The summed E-state index contributed by atoms with van der Waals surface area (Å²) in [6.45, 7) is 0.652. The Morgan fingerprint density at radius 3 is 2.35 bits per heavy atom. The molecule has 0 heterocycles. The predicted molar refractivity (Wildman–Crippen MR) is 128 cm³/mol. The zero-order chi connectivity index (χ0) is 24.9. The molecule has 0 saturated heterocycles. The van der Waals surface area contributed by atoms with Gasteiger partial charge in [0, 0.05) is 25.3 Å². The van der Waals surface area contributed by atoms with Gasteiger partial charge in [0.1, 0.15) is 6.54 Å². The Bertz CT molecular complexity index is 1350. The van der Waals surface area contributed by atoms with Gasteiger partial charge < -0.3 is 15.4 Å². The van der Waals surface area contributed by atoms with Crippen molar-refractivity contribution >= 4 is 44.3 Å². The number of ether oxygens (including phenoxy) is 1. The third kappa shape index (κ3) is 5.97. The molecule has 0 aliphatic heterocycles. The SMILES string of the molecule is Cc1ccc(NC(=O)COC(=O)CNC(=O)c2ccc3ccccc3c2)cc1S(=O)(=O)N(C)C. The van der Waals surface area contributed by atoms with E-state index in [4.69, 9.17) is 4.74 Å². The van der Waals surface area contributed by atoms with E-state index >= 15 is 0 Å². The summed E-state index contributed by atoms with van der Waals surface area (Å²) in [6.07, 6.45) is 0. The average molecular weight is 484 g/mol. The van der Waals surface area contributed by atoms with E-state index in [9.17, 15) is 22.8 Å². The second-order valence-corrected chi connectivity index (χ2v) is 9.84. The molecule has 10 heteroatoms. The summed E-state index contributed by atoms with van der Waals surface area (Å²) < 4.78 is 30.8. The predicted octanol–water partition coefficient (Wildman–Crippen LogP) is 2.31. The highest BCUT2D eigenvalue weighted by atomic mass is 32.2. The standard InChI is InChI=1S/C24H25N3O6S/c1-16-8-11-20(13-21(16)34(31,32)27(2)3)26-22(28)15-33-23(29)14-25-24(30)19-10-9-17-6-4-5-7-18(17)12-19/h4-13H,14-15H2,1-3H3,(H,25,30)(H,26,28).